The number of aromatic nitrogens is 1. The van der Waals surface area contributed by atoms with Gasteiger partial charge in [-0.25, -0.2) is 32.5 Å². The van der Waals surface area contributed by atoms with Gasteiger partial charge >= 0.3 is 17.9 Å². The first-order chi connectivity index (χ1) is 13.6. The molecule has 1 aromatic heterocycles. The highest BCUT2D eigenvalue weighted by molar-refractivity contribution is 8.77. The van der Waals surface area contributed by atoms with Gasteiger partial charge in [-0.2, -0.15) is 0 Å². The predicted molar refractivity (Wildman–Crippen MR) is 98.5 cm³/mol. The quantitative estimate of drug-likeness (QED) is 0.356. The summed E-state index contributed by atoms with van der Waals surface area (Å²) in [5.41, 5.74) is -2.67. The second kappa shape index (κ2) is 7.93. The molecule has 7 nitrogen and oxygen atoms in total. The predicted octanol–water partition coefficient (Wildman–Crippen LogP) is 4.61. The number of fused-ring (bicyclic) bond motifs is 1. The van der Waals surface area contributed by atoms with E-state index in [2.05, 4.69) is 4.98 Å². The van der Waals surface area contributed by atoms with Crippen molar-refractivity contribution in [1.29, 1.82) is 0 Å². The molecular formula is C16H6F3NO6S3. The van der Waals surface area contributed by atoms with E-state index in [-0.39, 0.29) is 9.90 Å². The number of carboxylic acid groups (broad SMARTS) is 3. The topological polar surface area (TPSA) is 125 Å². The Labute approximate surface area is 170 Å². The smallest absolute Gasteiger partial charge is 0.339 e. The summed E-state index contributed by atoms with van der Waals surface area (Å²) < 4.78 is 43.4. The Morgan fingerprint density at radius 1 is 0.862 bits per heavy atom. The van der Waals surface area contributed by atoms with Crippen molar-refractivity contribution in [1.82, 2.24) is 4.98 Å². The average molecular weight is 461 g/mol. The average Bonchev–Trinajstić information content (AvgIpc) is 3.05. The number of halogens is 3. The maximum absolute atomic E-state index is 14.5. The van der Waals surface area contributed by atoms with Crippen LogP contribution >= 0.6 is 32.9 Å². The Morgan fingerprint density at radius 3 is 2.07 bits per heavy atom. The summed E-state index contributed by atoms with van der Waals surface area (Å²) >= 11 is 1.00. The molecule has 0 amide bonds. The number of hydrogen-bond donors (Lipinski definition) is 3. The van der Waals surface area contributed by atoms with Gasteiger partial charge in [0.25, 0.3) is 0 Å². The van der Waals surface area contributed by atoms with Crippen molar-refractivity contribution in [2.45, 2.75) is 9.24 Å². The van der Waals surface area contributed by atoms with Crippen LogP contribution in [-0.4, -0.2) is 38.2 Å². The first kappa shape index (κ1) is 21.0. The van der Waals surface area contributed by atoms with E-state index in [1.54, 1.807) is 0 Å². The molecular weight excluding hydrogens is 455 g/mol. The minimum absolute atomic E-state index is 0.0138. The van der Waals surface area contributed by atoms with E-state index in [9.17, 15) is 27.6 Å². The fraction of sp³-hybridized carbons (Fsp3) is 0. The van der Waals surface area contributed by atoms with Gasteiger partial charge in [-0.05, 0) is 39.8 Å². The lowest BCUT2D eigenvalue weighted by Gasteiger charge is -2.10. The van der Waals surface area contributed by atoms with Gasteiger partial charge in [0.2, 0.25) is 0 Å². The molecule has 0 unspecified atom stereocenters. The number of benzene rings is 2. The molecule has 0 spiro atoms. The van der Waals surface area contributed by atoms with Crippen LogP contribution < -0.4 is 0 Å². The van der Waals surface area contributed by atoms with Crippen LogP contribution in [-0.2, 0) is 0 Å². The molecule has 0 aliphatic carbocycles. The molecule has 3 N–H and O–H groups in total. The van der Waals surface area contributed by atoms with Crippen LogP contribution in [0.5, 0.6) is 0 Å². The zero-order valence-corrected chi connectivity index (χ0v) is 16.1. The third-order valence-electron chi connectivity index (χ3n) is 3.52. The summed E-state index contributed by atoms with van der Waals surface area (Å²) in [6, 6.07) is 4.12. The lowest BCUT2D eigenvalue weighted by atomic mass is 10.1. The van der Waals surface area contributed by atoms with Gasteiger partial charge in [-0.15, -0.1) is 11.3 Å². The lowest BCUT2D eigenvalue weighted by molar-refractivity contribution is 0.0640. The number of aromatic carboxylic acids is 3. The fourth-order valence-corrected chi connectivity index (χ4v) is 5.66. The van der Waals surface area contributed by atoms with Crippen molar-refractivity contribution in [2.24, 2.45) is 0 Å². The molecule has 0 saturated carbocycles. The van der Waals surface area contributed by atoms with Crippen molar-refractivity contribution in [2.75, 3.05) is 0 Å². The van der Waals surface area contributed by atoms with Gasteiger partial charge in [-0.1, -0.05) is 0 Å². The third kappa shape index (κ3) is 3.88. The van der Waals surface area contributed by atoms with Crippen LogP contribution in [0.25, 0.3) is 10.2 Å². The molecule has 29 heavy (non-hydrogen) atoms. The van der Waals surface area contributed by atoms with Crippen LogP contribution in [0.1, 0.15) is 31.1 Å². The van der Waals surface area contributed by atoms with E-state index in [1.807, 2.05) is 0 Å². The van der Waals surface area contributed by atoms with Gasteiger partial charge in [-0.3, -0.25) is 0 Å². The summed E-state index contributed by atoms with van der Waals surface area (Å²) in [5, 5.41) is 26.9. The molecule has 0 bridgehead atoms. The summed E-state index contributed by atoms with van der Waals surface area (Å²) in [6.45, 7) is 0. The Bertz CT molecular complexity index is 1200. The van der Waals surface area contributed by atoms with Crippen LogP contribution in [0.15, 0.2) is 27.4 Å². The summed E-state index contributed by atoms with van der Waals surface area (Å²) in [6.07, 6.45) is 0. The van der Waals surface area contributed by atoms with E-state index in [4.69, 9.17) is 15.3 Å². The van der Waals surface area contributed by atoms with E-state index in [1.165, 1.54) is 18.2 Å². The number of carboxylic acids is 3. The zero-order chi connectivity index (χ0) is 21.5. The largest absolute Gasteiger partial charge is 0.478 e. The van der Waals surface area contributed by atoms with Gasteiger partial charge in [0.1, 0.15) is 11.1 Å². The summed E-state index contributed by atoms with van der Waals surface area (Å²) in [7, 11) is 0.995. The third-order valence-corrected chi connectivity index (χ3v) is 7.22. The minimum Gasteiger partial charge on any atom is -0.478 e. The fourth-order valence-electron chi connectivity index (χ4n) is 2.26. The maximum atomic E-state index is 14.5. The zero-order valence-electron chi connectivity index (χ0n) is 13.6. The Kier molecular flexibility index (Phi) is 5.73. The van der Waals surface area contributed by atoms with Gasteiger partial charge < -0.3 is 15.3 Å². The number of nitrogens with zero attached hydrogens (tertiary/aromatic N) is 1. The second-order valence-electron chi connectivity index (χ2n) is 5.27. The monoisotopic (exact) mass is 461 g/mol. The Hall–Kier alpha value is -2.77. The van der Waals surface area contributed by atoms with Crippen LogP contribution in [0, 0.1) is 17.5 Å². The molecule has 0 saturated heterocycles. The summed E-state index contributed by atoms with van der Waals surface area (Å²) in [5.74, 6) is -10.9. The maximum Gasteiger partial charge on any atom is 0.339 e. The van der Waals surface area contributed by atoms with Gasteiger partial charge in [0, 0.05) is 0 Å². The first-order valence-corrected chi connectivity index (χ1v) is 10.2. The minimum atomic E-state index is -2.12. The SMILES string of the molecule is O=C(O)c1ccc2nc(SSc3c(F)c(F)c(C(=O)O)c(C(=O)O)c3F)sc2c1. The molecule has 0 fully saturated rings. The van der Waals surface area contributed by atoms with Crippen LogP contribution in [0.3, 0.4) is 0 Å². The highest BCUT2D eigenvalue weighted by atomic mass is 33.1. The molecule has 150 valence electrons. The molecule has 0 atom stereocenters. The van der Waals surface area contributed by atoms with Crippen molar-refractivity contribution in [3.05, 3.63) is 52.3 Å². The lowest BCUT2D eigenvalue weighted by Crippen LogP contribution is -2.16. The number of carbonyl (C=O) groups is 3. The molecule has 0 radical (unpaired) electrons. The van der Waals surface area contributed by atoms with Crippen LogP contribution in [0.2, 0.25) is 0 Å². The molecule has 0 aliphatic rings. The first-order valence-electron chi connectivity index (χ1n) is 7.27. The number of rotatable bonds is 6. The molecule has 0 aliphatic heterocycles. The molecule has 13 heteroatoms. The van der Waals surface area contributed by atoms with E-state index in [0.29, 0.717) is 31.8 Å². The molecule has 1 heterocycles. The highest BCUT2D eigenvalue weighted by Crippen LogP contribution is 2.44. The molecule has 3 aromatic rings. The number of thiazole rings is 1. The van der Waals surface area contributed by atoms with Crippen molar-refractivity contribution in [3.63, 3.8) is 0 Å². The molecule has 2 aromatic carbocycles. The van der Waals surface area contributed by atoms with Crippen LogP contribution in [0.4, 0.5) is 13.2 Å². The second-order valence-corrected chi connectivity index (χ2v) is 8.68. The summed E-state index contributed by atoms with van der Waals surface area (Å²) in [4.78, 5) is 36.3. The normalized spacial score (nSPS) is 11.0. The van der Waals surface area contributed by atoms with Crippen molar-refractivity contribution < 1.29 is 42.9 Å². The van der Waals surface area contributed by atoms with E-state index in [0.717, 1.165) is 11.3 Å². The van der Waals surface area contributed by atoms with Crippen molar-refractivity contribution >= 4 is 61.0 Å². The van der Waals surface area contributed by atoms with E-state index >= 15 is 0 Å². The standard InChI is InChI=1S/C16H6F3NO6S3/c17-9-7(14(23)24)8(15(25)26)10(18)12(11(9)19)28-29-16-20-5-2-1-4(13(21)22)3-6(5)27-16/h1-3H,(H,21,22)(H,23,24)(H,25,26). The number of hydrogen-bond acceptors (Lipinski definition) is 7. The van der Waals surface area contributed by atoms with Gasteiger partial charge in [0.05, 0.1) is 20.7 Å². The van der Waals surface area contributed by atoms with E-state index < -0.39 is 51.4 Å². The Balaban J connectivity index is 1.98. The molecule has 3 rings (SSSR count). The highest BCUT2D eigenvalue weighted by Gasteiger charge is 2.32. The van der Waals surface area contributed by atoms with Crippen molar-refractivity contribution in [3.8, 4) is 0 Å². The Morgan fingerprint density at radius 2 is 1.48 bits per heavy atom. The van der Waals surface area contributed by atoms with Gasteiger partial charge in [0.15, 0.2) is 21.8 Å².